The number of ether oxygens (including phenoxy) is 1. The van der Waals surface area contributed by atoms with Crippen LogP contribution in [0, 0.1) is 20.8 Å². The van der Waals surface area contributed by atoms with Crippen LogP contribution in [-0.2, 0) is 14.3 Å². The Morgan fingerprint density at radius 2 is 1.62 bits per heavy atom. The first-order valence-electron chi connectivity index (χ1n) is 11.1. The summed E-state index contributed by atoms with van der Waals surface area (Å²) in [7, 11) is 0. The summed E-state index contributed by atoms with van der Waals surface area (Å²) < 4.78 is 5.41. The highest BCUT2D eigenvalue weighted by atomic mass is 16.5. The summed E-state index contributed by atoms with van der Waals surface area (Å²) >= 11 is 0. The largest absolute Gasteiger partial charge is 0.507 e. The van der Waals surface area contributed by atoms with Crippen molar-refractivity contribution in [1.29, 1.82) is 0 Å². The van der Waals surface area contributed by atoms with Crippen LogP contribution in [0.5, 0.6) is 0 Å². The second kappa shape index (κ2) is 9.27. The molecule has 4 rings (SSSR count). The average molecular weight is 435 g/mol. The Kier molecular flexibility index (Phi) is 6.44. The lowest BCUT2D eigenvalue weighted by Crippen LogP contribution is -2.42. The van der Waals surface area contributed by atoms with E-state index in [1.54, 1.807) is 4.90 Å². The van der Waals surface area contributed by atoms with Gasteiger partial charge in [-0.2, -0.15) is 0 Å². The molecule has 2 aliphatic rings. The number of likely N-dealkylation sites (tertiary alicyclic amines) is 1. The van der Waals surface area contributed by atoms with Crippen molar-refractivity contribution in [3.8, 4) is 0 Å². The van der Waals surface area contributed by atoms with Gasteiger partial charge in [-0.3, -0.25) is 14.5 Å². The van der Waals surface area contributed by atoms with Crippen LogP contribution < -0.4 is 0 Å². The van der Waals surface area contributed by atoms with Crippen molar-refractivity contribution in [1.82, 2.24) is 9.80 Å². The van der Waals surface area contributed by atoms with Gasteiger partial charge in [0.05, 0.1) is 24.8 Å². The summed E-state index contributed by atoms with van der Waals surface area (Å²) in [4.78, 5) is 30.1. The quantitative estimate of drug-likeness (QED) is 0.444. The maximum atomic E-state index is 13.2. The van der Waals surface area contributed by atoms with Gasteiger partial charge in [-0.05, 0) is 38.0 Å². The van der Waals surface area contributed by atoms with E-state index in [-0.39, 0.29) is 11.3 Å². The minimum absolute atomic E-state index is 0.107. The van der Waals surface area contributed by atoms with E-state index in [9.17, 15) is 14.7 Å². The third-order valence-electron chi connectivity index (χ3n) is 6.34. The van der Waals surface area contributed by atoms with Gasteiger partial charge in [0.2, 0.25) is 0 Å². The first kappa shape index (κ1) is 22.2. The number of hydrogen-bond donors (Lipinski definition) is 1. The molecule has 1 unspecified atom stereocenters. The molecule has 0 radical (unpaired) electrons. The Balaban J connectivity index is 1.76. The first-order chi connectivity index (χ1) is 15.4. The molecule has 0 spiro atoms. The summed E-state index contributed by atoms with van der Waals surface area (Å²) in [5.41, 5.74) is 4.50. The molecule has 0 saturated carbocycles. The second-order valence-corrected chi connectivity index (χ2v) is 8.68. The van der Waals surface area contributed by atoms with Gasteiger partial charge in [0.25, 0.3) is 11.7 Å². The normalized spacial score (nSPS) is 21.3. The molecular formula is C26H30N2O4. The van der Waals surface area contributed by atoms with Gasteiger partial charge in [0.15, 0.2) is 0 Å². The molecule has 2 aromatic carbocycles. The van der Waals surface area contributed by atoms with Crippen molar-refractivity contribution in [3.63, 3.8) is 0 Å². The molecule has 1 N–H and O–H groups in total. The van der Waals surface area contributed by atoms with Crippen LogP contribution in [0.15, 0.2) is 48.0 Å². The number of Topliss-reactive ketones (excluding diaryl/α,β-unsaturated/α-hetero) is 1. The number of hydrogen-bond acceptors (Lipinski definition) is 5. The Hall–Kier alpha value is -2.96. The fourth-order valence-electron chi connectivity index (χ4n) is 4.42. The number of carbonyl (C=O) groups is 2. The van der Waals surface area contributed by atoms with Crippen molar-refractivity contribution >= 4 is 17.4 Å². The van der Waals surface area contributed by atoms with Gasteiger partial charge in [0, 0.05) is 31.7 Å². The highest BCUT2D eigenvalue weighted by Crippen LogP contribution is 2.40. The number of benzene rings is 2. The monoisotopic (exact) mass is 434 g/mol. The molecule has 2 aliphatic heterocycles. The van der Waals surface area contributed by atoms with E-state index in [4.69, 9.17) is 4.74 Å². The summed E-state index contributed by atoms with van der Waals surface area (Å²) in [5.74, 6) is -1.30. The average Bonchev–Trinajstić information content (AvgIpc) is 3.05. The molecule has 2 aromatic rings. The molecule has 6 nitrogen and oxygen atoms in total. The van der Waals surface area contributed by atoms with Crippen LogP contribution in [0.25, 0.3) is 5.76 Å². The second-order valence-electron chi connectivity index (χ2n) is 8.68. The zero-order chi connectivity index (χ0) is 22.8. The van der Waals surface area contributed by atoms with Crippen molar-refractivity contribution in [2.75, 3.05) is 39.4 Å². The lowest BCUT2D eigenvalue weighted by atomic mass is 9.93. The standard InChI is InChI=1S/C26H30N2O4/c1-17-5-8-20(9-6-17)23-22(24(29)21-16-18(2)4-7-19(21)3)25(30)26(31)28(23)11-10-27-12-14-32-15-13-27/h4-9,16,23,29H,10-15H2,1-3H3/b24-22+. The van der Waals surface area contributed by atoms with Crippen molar-refractivity contribution in [3.05, 3.63) is 75.9 Å². The van der Waals surface area contributed by atoms with Crippen molar-refractivity contribution in [2.45, 2.75) is 26.8 Å². The van der Waals surface area contributed by atoms with Gasteiger partial charge >= 0.3 is 0 Å². The zero-order valence-electron chi connectivity index (χ0n) is 18.9. The molecule has 1 atom stereocenters. The van der Waals surface area contributed by atoms with E-state index in [2.05, 4.69) is 4.90 Å². The molecule has 2 fully saturated rings. The Morgan fingerprint density at radius 3 is 2.31 bits per heavy atom. The fourth-order valence-corrected chi connectivity index (χ4v) is 4.42. The van der Waals surface area contributed by atoms with Crippen LogP contribution in [0.1, 0.15) is 33.9 Å². The fraction of sp³-hybridized carbons (Fsp3) is 0.385. The van der Waals surface area contributed by atoms with Gasteiger partial charge in [-0.15, -0.1) is 0 Å². The molecule has 2 saturated heterocycles. The summed E-state index contributed by atoms with van der Waals surface area (Å²) in [6, 6.07) is 12.9. The summed E-state index contributed by atoms with van der Waals surface area (Å²) in [5, 5.41) is 11.3. The van der Waals surface area contributed by atoms with E-state index >= 15 is 0 Å². The van der Waals surface area contributed by atoms with Crippen molar-refractivity contribution in [2.24, 2.45) is 0 Å². The van der Waals surface area contributed by atoms with Crippen LogP contribution in [0.2, 0.25) is 0 Å². The number of nitrogens with zero attached hydrogens (tertiary/aromatic N) is 2. The minimum atomic E-state index is -0.629. The SMILES string of the molecule is Cc1ccc(C2/C(=C(\O)c3cc(C)ccc3C)C(=O)C(=O)N2CCN2CCOCC2)cc1. The minimum Gasteiger partial charge on any atom is -0.507 e. The highest BCUT2D eigenvalue weighted by molar-refractivity contribution is 6.46. The molecule has 32 heavy (non-hydrogen) atoms. The lowest BCUT2D eigenvalue weighted by Gasteiger charge is -2.31. The molecule has 168 valence electrons. The summed E-state index contributed by atoms with van der Waals surface area (Å²) in [6.45, 7) is 9.85. The molecule has 2 heterocycles. The predicted octanol–water partition coefficient (Wildman–Crippen LogP) is 3.37. The number of aryl methyl sites for hydroxylation is 3. The number of aliphatic hydroxyl groups excluding tert-OH is 1. The first-order valence-corrected chi connectivity index (χ1v) is 11.1. The zero-order valence-corrected chi connectivity index (χ0v) is 18.9. The third kappa shape index (κ3) is 4.33. The smallest absolute Gasteiger partial charge is 0.295 e. The Morgan fingerprint density at radius 1 is 0.969 bits per heavy atom. The van der Waals surface area contributed by atoms with E-state index in [0.29, 0.717) is 31.9 Å². The number of ketones is 1. The van der Waals surface area contributed by atoms with E-state index in [1.807, 2.05) is 63.2 Å². The van der Waals surface area contributed by atoms with Crippen molar-refractivity contribution < 1.29 is 19.4 Å². The highest BCUT2D eigenvalue weighted by Gasteiger charge is 2.46. The number of amides is 1. The number of carbonyl (C=O) groups excluding carboxylic acids is 2. The number of morpholine rings is 1. The molecule has 0 aromatic heterocycles. The lowest BCUT2D eigenvalue weighted by molar-refractivity contribution is -0.140. The van der Waals surface area contributed by atoms with E-state index in [0.717, 1.165) is 35.3 Å². The Labute approximate surface area is 189 Å². The van der Waals surface area contributed by atoms with Crippen LogP contribution >= 0.6 is 0 Å². The molecule has 1 amide bonds. The molecule has 6 heteroatoms. The molecule has 0 aliphatic carbocycles. The number of rotatable bonds is 5. The molecule has 0 bridgehead atoms. The van der Waals surface area contributed by atoms with Gasteiger partial charge in [-0.25, -0.2) is 0 Å². The van der Waals surface area contributed by atoms with Crippen LogP contribution in [0.3, 0.4) is 0 Å². The van der Waals surface area contributed by atoms with E-state index in [1.165, 1.54) is 0 Å². The third-order valence-corrected chi connectivity index (χ3v) is 6.34. The van der Waals surface area contributed by atoms with Gasteiger partial charge in [-0.1, -0.05) is 47.5 Å². The van der Waals surface area contributed by atoms with Crippen LogP contribution in [0.4, 0.5) is 0 Å². The number of aliphatic hydroxyl groups is 1. The van der Waals surface area contributed by atoms with Crippen LogP contribution in [-0.4, -0.2) is 66.0 Å². The van der Waals surface area contributed by atoms with Gasteiger partial charge in [0.1, 0.15) is 5.76 Å². The topological polar surface area (TPSA) is 70.1 Å². The van der Waals surface area contributed by atoms with Gasteiger partial charge < -0.3 is 14.7 Å². The maximum Gasteiger partial charge on any atom is 0.295 e. The molecular weight excluding hydrogens is 404 g/mol. The maximum absolute atomic E-state index is 13.2. The van der Waals surface area contributed by atoms with E-state index < -0.39 is 17.7 Å². The predicted molar refractivity (Wildman–Crippen MR) is 123 cm³/mol. The summed E-state index contributed by atoms with van der Waals surface area (Å²) in [6.07, 6.45) is 0. The Bertz CT molecular complexity index is 1050.